The summed E-state index contributed by atoms with van der Waals surface area (Å²) in [4.78, 5) is 27.3. The molecule has 30 heavy (non-hydrogen) atoms. The van der Waals surface area contributed by atoms with Gasteiger partial charge in [-0.1, -0.05) is 11.6 Å². The van der Waals surface area contributed by atoms with Gasteiger partial charge >= 0.3 is 0 Å². The minimum atomic E-state index is -0.410. The lowest BCUT2D eigenvalue weighted by Crippen LogP contribution is -2.23. The maximum atomic E-state index is 12.8. The number of thiophene rings is 1. The van der Waals surface area contributed by atoms with Gasteiger partial charge in [0.15, 0.2) is 5.82 Å². The molecular weight excluding hydrogens is 428 g/mol. The van der Waals surface area contributed by atoms with Gasteiger partial charge in [0.1, 0.15) is 12.2 Å². The number of benzene rings is 1. The fourth-order valence-corrected chi connectivity index (χ4v) is 3.87. The molecule has 0 saturated carbocycles. The Morgan fingerprint density at radius 3 is 2.57 bits per heavy atom. The number of carbonyl (C=O) groups excluding carboxylic acids is 2. The second kappa shape index (κ2) is 8.17. The monoisotopic (exact) mass is 444 g/mol. The van der Waals surface area contributed by atoms with Crippen LogP contribution in [0.15, 0.2) is 42.6 Å². The summed E-state index contributed by atoms with van der Waals surface area (Å²) < 4.78 is 7.09. The number of amides is 2. The van der Waals surface area contributed by atoms with Crippen molar-refractivity contribution in [3.8, 4) is 0 Å². The molecule has 1 aliphatic rings. The summed E-state index contributed by atoms with van der Waals surface area (Å²) >= 11 is 7.02. The lowest BCUT2D eigenvalue weighted by Gasteiger charge is -2.15. The van der Waals surface area contributed by atoms with Gasteiger partial charge in [-0.05, 0) is 36.4 Å². The number of ether oxygens (including phenoxy) is 1. The molecule has 11 heteroatoms. The lowest BCUT2D eigenvalue weighted by atomic mass is 10.2. The zero-order valence-electron chi connectivity index (χ0n) is 15.8. The van der Waals surface area contributed by atoms with Crippen LogP contribution in [-0.2, 0) is 11.8 Å². The standard InChI is InChI=1S/C19H17ClN6O3S/c1-25-10-13(16(24-25)23-18(28)14-6-7-15(20)30-14)17(27)22-11-2-4-12(5-3-11)26-8-9-29-19(26)21/h2-7,10,21H,8-9H2,1H3,(H,22,27)(H,23,24,28). The van der Waals surface area contributed by atoms with E-state index in [0.29, 0.717) is 28.1 Å². The fraction of sp³-hybridized carbons (Fsp3) is 0.158. The number of hydrogen-bond donors (Lipinski definition) is 3. The molecule has 154 valence electrons. The van der Waals surface area contributed by atoms with Crippen LogP contribution in [0.2, 0.25) is 4.34 Å². The van der Waals surface area contributed by atoms with E-state index in [0.717, 1.165) is 17.0 Å². The predicted octanol–water partition coefficient (Wildman–Crippen LogP) is 3.41. The third-order valence-corrected chi connectivity index (χ3v) is 5.57. The van der Waals surface area contributed by atoms with Crippen molar-refractivity contribution < 1.29 is 14.3 Å². The van der Waals surface area contributed by atoms with Crippen LogP contribution in [0.3, 0.4) is 0 Å². The molecule has 1 saturated heterocycles. The Hall–Kier alpha value is -3.37. The first kappa shape index (κ1) is 19.9. The quantitative estimate of drug-likeness (QED) is 0.558. The van der Waals surface area contributed by atoms with Crippen molar-refractivity contribution in [2.75, 3.05) is 28.7 Å². The molecule has 0 radical (unpaired) electrons. The molecule has 0 aliphatic carbocycles. The predicted molar refractivity (Wildman–Crippen MR) is 116 cm³/mol. The Balaban J connectivity index is 1.47. The molecule has 2 amide bonds. The fourth-order valence-electron chi connectivity index (χ4n) is 2.93. The third kappa shape index (κ3) is 4.14. The van der Waals surface area contributed by atoms with E-state index in [2.05, 4.69) is 15.7 Å². The number of nitrogens with zero attached hydrogens (tertiary/aromatic N) is 3. The van der Waals surface area contributed by atoms with Gasteiger partial charge in [0, 0.05) is 24.6 Å². The smallest absolute Gasteiger partial charge is 0.289 e. The third-order valence-electron chi connectivity index (χ3n) is 4.34. The normalized spacial score (nSPS) is 13.3. The molecular formula is C19H17ClN6O3S. The second-order valence-corrected chi connectivity index (χ2v) is 8.14. The zero-order valence-corrected chi connectivity index (χ0v) is 17.4. The molecule has 0 spiro atoms. The highest BCUT2D eigenvalue weighted by molar-refractivity contribution is 7.18. The molecule has 1 aliphatic heterocycles. The maximum Gasteiger partial charge on any atom is 0.289 e. The summed E-state index contributed by atoms with van der Waals surface area (Å²) in [5.74, 6) is -0.643. The number of hydrogen-bond acceptors (Lipinski definition) is 6. The SMILES string of the molecule is Cn1cc(C(=O)Nc2ccc(N3CCOC3=N)cc2)c(NC(=O)c2ccc(Cl)s2)n1. The summed E-state index contributed by atoms with van der Waals surface area (Å²) in [6.45, 7) is 1.09. The Bertz CT molecular complexity index is 1120. The van der Waals surface area contributed by atoms with Crippen LogP contribution >= 0.6 is 22.9 Å². The van der Waals surface area contributed by atoms with Gasteiger partial charge in [0.25, 0.3) is 17.8 Å². The molecule has 3 aromatic rings. The molecule has 1 fully saturated rings. The largest absolute Gasteiger partial charge is 0.463 e. The minimum Gasteiger partial charge on any atom is -0.463 e. The van der Waals surface area contributed by atoms with Gasteiger partial charge < -0.3 is 15.4 Å². The van der Waals surface area contributed by atoms with Crippen LogP contribution < -0.4 is 15.5 Å². The van der Waals surface area contributed by atoms with Crippen LogP contribution in [0, 0.1) is 5.41 Å². The van der Waals surface area contributed by atoms with Crippen molar-refractivity contribution in [3.63, 3.8) is 0 Å². The molecule has 0 bridgehead atoms. The Morgan fingerprint density at radius 2 is 1.93 bits per heavy atom. The number of halogens is 1. The summed E-state index contributed by atoms with van der Waals surface area (Å²) in [5.41, 5.74) is 1.60. The number of anilines is 3. The highest BCUT2D eigenvalue weighted by Crippen LogP contribution is 2.24. The highest BCUT2D eigenvalue weighted by atomic mass is 35.5. The molecule has 3 N–H and O–H groups in total. The zero-order chi connectivity index (χ0) is 21.3. The van der Waals surface area contributed by atoms with E-state index in [9.17, 15) is 9.59 Å². The number of nitrogens with one attached hydrogen (secondary N) is 3. The van der Waals surface area contributed by atoms with Crippen molar-refractivity contribution in [2.24, 2.45) is 7.05 Å². The van der Waals surface area contributed by atoms with Crippen LogP contribution in [0.5, 0.6) is 0 Å². The average Bonchev–Trinajstić information content (AvgIpc) is 3.43. The minimum absolute atomic E-state index is 0.106. The van der Waals surface area contributed by atoms with Crippen molar-refractivity contribution in [1.82, 2.24) is 9.78 Å². The van der Waals surface area contributed by atoms with E-state index in [1.165, 1.54) is 10.9 Å². The van der Waals surface area contributed by atoms with E-state index in [-0.39, 0.29) is 23.3 Å². The summed E-state index contributed by atoms with van der Waals surface area (Å²) in [6, 6.07) is 10.4. The van der Waals surface area contributed by atoms with E-state index in [4.69, 9.17) is 21.7 Å². The van der Waals surface area contributed by atoms with Crippen LogP contribution in [0.4, 0.5) is 17.2 Å². The highest BCUT2D eigenvalue weighted by Gasteiger charge is 2.21. The number of rotatable bonds is 5. The summed E-state index contributed by atoms with van der Waals surface area (Å²) in [6.07, 6.45) is 1.53. The molecule has 1 aromatic carbocycles. The molecule has 2 aromatic heterocycles. The molecule has 4 rings (SSSR count). The van der Waals surface area contributed by atoms with Crippen molar-refractivity contribution in [1.29, 1.82) is 5.41 Å². The average molecular weight is 445 g/mol. The van der Waals surface area contributed by atoms with Crippen molar-refractivity contribution in [2.45, 2.75) is 0 Å². The molecule has 9 nitrogen and oxygen atoms in total. The van der Waals surface area contributed by atoms with E-state index in [1.54, 1.807) is 48.3 Å². The second-order valence-electron chi connectivity index (χ2n) is 6.43. The maximum absolute atomic E-state index is 12.8. The topological polar surface area (TPSA) is 112 Å². The Kier molecular flexibility index (Phi) is 5.42. The van der Waals surface area contributed by atoms with Gasteiger partial charge in [-0.3, -0.25) is 24.6 Å². The van der Waals surface area contributed by atoms with Gasteiger partial charge in [-0.25, -0.2) is 0 Å². The van der Waals surface area contributed by atoms with Gasteiger partial charge in [0.2, 0.25) is 0 Å². The number of amidine groups is 1. The van der Waals surface area contributed by atoms with Gasteiger partial charge in [0.05, 0.1) is 15.8 Å². The Labute approximate surface area is 180 Å². The number of aromatic nitrogens is 2. The number of carbonyl (C=O) groups is 2. The Morgan fingerprint density at radius 1 is 1.17 bits per heavy atom. The van der Waals surface area contributed by atoms with Crippen LogP contribution in [0.25, 0.3) is 0 Å². The first-order chi connectivity index (χ1) is 14.4. The van der Waals surface area contributed by atoms with Crippen molar-refractivity contribution in [3.05, 3.63) is 57.4 Å². The van der Waals surface area contributed by atoms with E-state index >= 15 is 0 Å². The first-order valence-electron chi connectivity index (χ1n) is 8.91. The number of aryl methyl sites for hydroxylation is 1. The first-order valence-corrected chi connectivity index (χ1v) is 10.1. The molecule has 0 unspecified atom stereocenters. The van der Waals surface area contributed by atoms with E-state index in [1.807, 2.05) is 0 Å². The molecule has 0 atom stereocenters. The van der Waals surface area contributed by atoms with E-state index < -0.39 is 5.91 Å². The van der Waals surface area contributed by atoms with Crippen LogP contribution in [-0.4, -0.2) is 40.8 Å². The lowest BCUT2D eigenvalue weighted by molar-refractivity contribution is 0.102. The summed E-state index contributed by atoms with van der Waals surface area (Å²) in [5, 5.41) is 17.4. The van der Waals surface area contributed by atoms with Gasteiger partial charge in [-0.2, -0.15) is 5.10 Å². The van der Waals surface area contributed by atoms with Gasteiger partial charge in [-0.15, -0.1) is 11.3 Å². The summed E-state index contributed by atoms with van der Waals surface area (Å²) in [7, 11) is 1.66. The molecule has 3 heterocycles. The van der Waals surface area contributed by atoms with Crippen LogP contribution in [0.1, 0.15) is 20.0 Å². The van der Waals surface area contributed by atoms with Crippen molar-refractivity contribution >= 4 is 58.0 Å².